The smallest absolute Gasteiger partial charge is 0.145 e. The molecule has 1 aromatic carbocycles. The first kappa shape index (κ1) is 10.1. The van der Waals surface area contributed by atoms with Crippen molar-refractivity contribution < 1.29 is 9.47 Å². The van der Waals surface area contributed by atoms with Gasteiger partial charge in [-0.25, -0.2) is 0 Å². The summed E-state index contributed by atoms with van der Waals surface area (Å²) in [7, 11) is 3.32. The molecule has 82 valence electrons. The molecule has 0 spiro atoms. The molecule has 0 fully saturated rings. The first-order valence-corrected chi connectivity index (χ1v) is 5.00. The summed E-state index contributed by atoms with van der Waals surface area (Å²) in [5.74, 6) is 1.64. The van der Waals surface area contributed by atoms with Crippen LogP contribution in [0.5, 0.6) is 11.5 Å². The van der Waals surface area contributed by atoms with Gasteiger partial charge in [0.15, 0.2) is 0 Å². The molecule has 1 atom stereocenters. The van der Waals surface area contributed by atoms with E-state index < -0.39 is 0 Å². The minimum atomic E-state index is 0.306. The van der Waals surface area contributed by atoms with Crippen molar-refractivity contribution in [3.63, 3.8) is 0 Å². The Morgan fingerprint density at radius 3 is 2.80 bits per heavy atom. The Hall–Kier alpha value is -1.42. The van der Waals surface area contributed by atoms with Gasteiger partial charge in [0, 0.05) is 18.7 Å². The third-order valence-electron chi connectivity index (χ3n) is 2.71. The number of rotatable bonds is 3. The third kappa shape index (κ3) is 1.72. The van der Waals surface area contributed by atoms with Gasteiger partial charge in [-0.3, -0.25) is 0 Å². The van der Waals surface area contributed by atoms with E-state index in [1.165, 1.54) is 5.56 Å². The molecule has 15 heavy (non-hydrogen) atoms. The Morgan fingerprint density at radius 1 is 1.40 bits per heavy atom. The van der Waals surface area contributed by atoms with Crippen LogP contribution in [0.15, 0.2) is 12.1 Å². The van der Waals surface area contributed by atoms with Gasteiger partial charge in [0.05, 0.1) is 19.9 Å². The van der Waals surface area contributed by atoms with Crippen molar-refractivity contribution in [3.8, 4) is 11.5 Å². The van der Waals surface area contributed by atoms with Crippen molar-refractivity contribution in [1.82, 2.24) is 0 Å². The highest BCUT2D eigenvalue weighted by Gasteiger charge is 2.23. The van der Waals surface area contributed by atoms with Crippen LogP contribution in [0.2, 0.25) is 0 Å². The second-order valence-corrected chi connectivity index (χ2v) is 3.64. The molecule has 4 heteroatoms. The number of nitrogens with two attached hydrogens (primary N) is 1. The Morgan fingerprint density at radius 2 is 2.20 bits per heavy atom. The molecule has 0 aliphatic carbocycles. The van der Waals surface area contributed by atoms with Gasteiger partial charge in [0.25, 0.3) is 0 Å². The fraction of sp³-hybridized carbons (Fsp3) is 0.455. The van der Waals surface area contributed by atoms with Gasteiger partial charge in [-0.1, -0.05) is 0 Å². The number of nitrogens with one attached hydrogen (secondary N) is 1. The largest absolute Gasteiger partial charge is 0.497 e. The third-order valence-corrected chi connectivity index (χ3v) is 2.71. The van der Waals surface area contributed by atoms with E-state index >= 15 is 0 Å². The second-order valence-electron chi connectivity index (χ2n) is 3.64. The summed E-state index contributed by atoms with van der Waals surface area (Å²) >= 11 is 0. The predicted octanol–water partition coefficient (Wildman–Crippen LogP) is 0.999. The molecule has 0 bridgehead atoms. The average molecular weight is 208 g/mol. The Labute approximate surface area is 89.4 Å². The van der Waals surface area contributed by atoms with Crippen LogP contribution in [0.4, 0.5) is 5.69 Å². The Bertz CT molecular complexity index is 366. The van der Waals surface area contributed by atoms with Crippen LogP contribution in [0.25, 0.3) is 0 Å². The summed E-state index contributed by atoms with van der Waals surface area (Å²) < 4.78 is 10.5. The molecule has 1 unspecified atom stereocenters. The maximum Gasteiger partial charge on any atom is 0.145 e. The molecule has 0 amide bonds. The van der Waals surface area contributed by atoms with E-state index in [-0.39, 0.29) is 0 Å². The fourth-order valence-electron chi connectivity index (χ4n) is 1.91. The summed E-state index contributed by atoms with van der Waals surface area (Å²) in [4.78, 5) is 0. The SMILES string of the molecule is COc1cc2c(c(OC)c1)NC(CN)C2. The van der Waals surface area contributed by atoms with Crippen molar-refractivity contribution in [2.24, 2.45) is 5.73 Å². The first-order chi connectivity index (χ1) is 7.28. The molecule has 0 saturated heterocycles. The molecule has 1 aromatic rings. The highest BCUT2D eigenvalue weighted by molar-refractivity contribution is 5.68. The number of methoxy groups -OCH3 is 2. The Kier molecular flexibility index (Phi) is 2.68. The summed E-state index contributed by atoms with van der Waals surface area (Å²) in [6, 6.07) is 4.21. The zero-order valence-corrected chi connectivity index (χ0v) is 9.04. The van der Waals surface area contributed by atoms with Crippen LogP contribution in [-0.4, -0.2) is 26.8 Å². The van der Waals surface area contributed by atoms with Gasteiger partial charge in [0.2, 0.25) is 0 Å². The summed E-state index contributed by atoms with van der Waals surface area (Å²) in [5.41, 5.74) is 7.90. The maximum atomic E-state index is 5.64. The molecule has 2 rings (SSSR count). The lowest BCUT2D eigenvalue weighted by molar-refractivity contribution is 0.395. The van der Waals surface area contributed by atoms with Crippen molar-refractivity contribution in [3.05, 3.63) is 17.7 Å². The molecular formula is C11H16N2O2. The molecule has 1 aliphatic rings. The number of benzene rings is 1. The minimum absolute atomic E-state index is 0.306. The lowest BCUT2D eigenvalue weighted by Gasteiger charge is -2.11. The zero-order valence-electron chi connectivity index (χ0n) is 9.04. The molecule has 0 radical (unpaired) electrons. The molecule has 1 heterocycles. The van der Waals surface area contributed by atoms with Gasteiger partial charge in [-0.2, -0.15) is 0 Å². The molecule has 1 aliphatic heterocycles. The minimum Gasteiger partial charge on any atom is -0.497 e. The normalized spacial score (nSPS) is 18.2. The zero-order chi connectivity index (χ0) is 10.8. The van der Waals surface area contributed by atoms with Crippen LogP contribution in [0.3, 0.4) is 0 Å². The van der Waals surface area contributed by atoms with Crippen LogP contribution >= 0.6 is 0 Å². The quantitative estimate of drug-likeness (QED) is 0.778. The van der Waals surface area contributed by atoms with E-state index in [9.17, 15) is 0 Å². The van der Waals surface area contributed by atoms with Crippen LogP contribution < -0.4 is 20.5 Å². The molecule has 0 aromatic heterocycles. The number of fused-ring (bicyclic) bond motifs is 1. The first-order valence-electron chi connectivity index (χ1n) is 5.00. The maximum absolute atomic E-state index is 5.64. The van der Waals surface area contributed by atoms with Crippen LogP contribution in [0.1, 0.15) is 5.56 Å². The monoisotopic (exact) mass is 208 g/mol. The molecule has 3 N–H and O–H groups in total. The van der Waals surface area contributed by atoms with Gasteiger partial charge in [-0.15, -0.1) is 0 Å². The standard InChI is InChI=1S/C11H16N2O2/c1-14-9-4-7-3-8(6-12)13-11(7)10(5-9)15-2/h4-5,8,13H,3,6,12H2,1-2H3. The van der Waals surface area contributed by atoms with Gasteiger partial charge in [0.1, 0.15) is 11.5 Å². The predicted molar refractivity (Wildman–Crippen MR) is 59.7 cm³/mol. The highest BCUT2D eigenvalue weighted by Crippen LogP contribution is 2.38. The Balaban J connectivity index is 2.39. The number of hydrogen-bond donors (Lipinski definition) is 2. The van der Waals surface area contributed by atoms with E-state index in [4.69, 9.17) is 15.2 Å². The van der Waals surface area contributed by atoms with Gasteiger partial charge in [-0.05, 0) is 18.1 Å². The summed E-state index contributed by atoms with van der Waals surface area (Å²) in [6.07, 6.45) is 0.930. The van der Waals surface area contributed by atoms with E-state index in [2.05, 4.69) is 5.32 Å². The second kappa shape index (κ2) is 3.98. The molecule has 0 saturated carbocycles. The number of hydrogen-bond acceptors (Lipinski definition) is 4. The number of ether oxygens (including phenoxy) is 2. The van der Waals surface area contributed by atoms with Crippen LogP contribution in [0, 0.1) is 0 Å². The van der Waals surface area contributed by atoms with Crippen molar-refractivity contribution in [2.45, 2.75) is 12.5 Å². The summed E-state index contributed by atoms with van der Waals surface area (Å²) in [5, 5.41) is 3.35. The van der Waals surface area contributed by atoms with Gasteiger partial charge < -0.3 is 20.5 Å². The van der Waals surface area contributed by atoms with Crippen molar-refractivity contribution in [1.29, 1.82) is 0 Å². The van der Waals surface area contributed by atoms with Crippen molar-refractivity contribution in [2.75, 3.05) is 26.1 Å². The average Bonchev–Trinajstić information content (AvgIpc) is 2.70. The van der Waals surface area contributed by atoms with E-state index in [0.29, 0.717) is 12.6 Å². The molecule has 4 nitrogen and oxygen atoms in total. The van der Waals surface area contributed by atoms with Crippen molar-refractivity contribution >= 4 is 5.69 Å². The van der Waals surface area contributed by atoms with Gasteiger partial charge >= 0.3 is 0 Å². The van der Waals surface area contributed by atoms with E-state index in [1.54, 1.807) is 14.2 Å². The topological polar surface area (TPSA) is 56.5 Å². The lowest BCUT2D eigenvalue weighted by atomic mass is 10.1. The van der Waals surface area contributed by atoms with Crippen LogP contribution in [-0.2, 0) is 6.42 Å². The number of anilines is 1. The lowest BCUT2D eigenvalue weighted by Crippen LogP contribution is -2.25. The summed E-state index contributed by atoms with van der Waals surface area (Å²) in [6.45, 7) is 0.625. The highest BCUT2D eigenvalue weighted by atomic mass is 16.5. The molecular weight excluding hydrogens is 192 g/mol. The van der Waals surface area contributed by atoms with E-state index in [0.717, 1.165) is 23.6 Å². The fourth-order valence-corrected chi connectivity index (χ4v) is 1.91. The van der Waals surface area contributed by atoms with E-state index in [1.807, 2.05) is 12.1 Å².